The lowest BCUT2D eigenvalue weighted by Crippen LogP contribution is -2.47. The molecule has 0 bridgehead atoms. The number of ether oxygens (including phenoxy) is 1. The highest BCUT2D eigenvalue weighted by molar-refractivity contribution is 7.80. The lowest BCUT2D eigenvalue weighted by atomic mass is 9.92. The standard InChI is InChI=1S/C22H43N3OS/c1-5-7-16-23-17-10-8-9-11-18-26-21-14-12-20(13-15-21)25(4)22(27)24-19(3)6-2/h5,19-21,23H,1,6-18H2,2-4H3,(H,24,27). The van der Waals surface area contributed by atoms with Crippen LogP contribution in [-0.4, -0.2) is 54.9 Å². The molecule has 0 heterocycles. The van der Waals surface area contributed by atoms with E-state index in [9.17, 15) is 0 Å². The number of nitrogens with one attached hydrogen (secondary N) is 2. The highest BCUT2D eigenvalue weighted by Gasteiger charge is 2.25. The number of thiocarbonyl (C=S) groups is 1. The first-order chi connectivity index (χ1) is 13.1. The van der Waals surface area contributed by atoms with Crippen LogP contribution in [0.5, 0.6) is 0 Å². The summed E-state index contributed by atoms with van der Waals surface area (Å²) in [5.41, 5.74) is 0. The second kappa shape index (κ2) is 15.3. The summed E-state index contributed by atoms with van der Waals surface area (Å²) in [6, 6.07) is 1.00. The Kier molecular flexibility index (Phi) is 13.8. The van der Waals surface area contributed by atoms with Gasteiger partial charge in [0.05, 0.1) is 6.10 Å². The Hall–Kier alpha value is -0.650. The average Bonchev–Trinajstić information content (AvgIpc) is 2.69. The molecule has 2 N–H and O–H groups in total. The zero-order valence-corrected chi connectivity index (χ0v) is 18.8. The van der Waals surface area contributed by atoms with Gasteiger partial charge in [-0.1, -0.05) is 25.8 Å². The van der Waals surface area contributed by atoms with Crippen molar-refractivity contribution in [3.05, 3.63) is 12.7 Å². The summed E-state index contributed by atoms with van der Waals surface area (Å²) in [4.78, 5) is 2.26. The van der Waals surface area contributed by atoms with Gasteiger partial charge in [-0.2, -0.15) is 0 Å². The summed E-state index contributed by atoms with van der Waals surface area (Å²) in [5.74, 6) is 0. The maximum absolute atomic E-state index is 6.12. The summed E-state index contributed by atoms with van der Waals surface area (Å²) in [6.07, 6.45) is 14.3. The molecule has 0 radical (unpaired) electrons. The fraction of sp³-hybridized carbons (Fsp3) is 0.864. The first-order valence-electron chi connectivity index (χ1n) is 11.0. The predicted octanol–water partition coefficient (Wildman–Crippen LogP) is 4.65. The van der Waals surface area contributed by atoms with E-state index in [1.807, 2.05) is 6.08 Å². The summed E-state index contributed by atoms with van der Waals surface area (Å²) < 4.78 is 6.12. The highest BCUT2D eigenvalue weighted by atomic mass is 32.1. The molecule has 0 amide bonds. The second-order valence-corrected chi connectivity index (χ2v) is 8.30. The fourth-order valence-corrected chi connectivity index (χ4v) is 3.81. The molecule has 27 heavy (non-hydrogen) atoms. The molecule has 1 fully saturated rings. The zero-order valence-electron chi connectivity index (χ0n) is 18.0. The summed E-state index contributed by atoms with van der Waals surface area (Å²) in [5, 5.41) is 7.77. The third-order valence-corrected chi connectivity index (χ3v) is 6.03. The molecule has 0 spiro atoms. The van der Waals surface area contributed by atoms with Crippen LogP contribution in [0.15, 0.2) is 12.7 Å². The maximum atomic E-state index is 6.12. The van der Waals surface area contributed by atoms with E-state index < -0.39 is 0 Å². The van der Waals surface area contributed by atoms with Crippen molar-refractivity contribution in [2.24, 2.45) is 0 Å². The molecule has 0 aromatic rings. The quantitative estimate of drug-likeness (QED) is 0.254. The molecule has 5 heteroatoms. The molecular weight excluding hydrogens is 354 g/mol. The fourth-order valence-electron chi connectivity index (χ4n) is 3.46. The van der Waals surface area contributed by atoms with Crippen LogP contribution in [0, 0.1) is 0 Å². The number of nitrogens with zero attached hydrogens (tertiary/aromatic N) is 1. The Morgan fingerprint density at radius 1 is 1.19 bits per heavy atom. The SMILES string of the molecule is C=CCCNCCCCCCOC1CCC(N(C)C(=S)NC(C)CC)CC1. The minimum atomic E-state index is 0.447. The monoisotopic (exact) mass is 397 g/mol. The number of hydrogen-bond donors (Lipinski definition) is 2. The Morgan fingerprint density at radius 3 is 2.56 bits per heavy atom. The predicted molar refractivity (Wildman–Crippen MR) is 121 cm³/mol. The van der Waals surface area contributed by atoms with Crippen molar-refractivity contribution in [2.75, 3.05) is 26.7 Å². The molecule has 4 nitrogen and oxygen atoms in total. The Balaban J connectivity index is 2.02. The molecule has 0 saturated heterocycles. The Labute approximate surface area is 173 Å². The first kappa shape index (κ1) is 24.4. The van der Waals surface area contributed by atoms with E-state index in [-0.39, 0.29) is 0 Å². The largest absolute Gasteiger partial charge is 0.378 e. The molecular formula is C22H43N3OS. The van der Waals surface area contributed by atoms with Gasteiger partial charge < -0.3 is 20.3 Å². The van der Waals surface area contributed by atoms with Crippen LogP contribution < -0.4 is 10.6 Å². The van der Waals surface area contributed by atoms with E-state index >= 15 is 0 Å². The van der Waals surface area contributed by atoms with Crippen molar-refractivity contribution in [3.8, 4) is 0 Å². The van der Waals surface area contributed by atoms with E-state index in [4.69, 9.17) is 17.0 Å². The molecule has 1 aliphatic carbocycles. The van der Waals surface area contributed by atoms with Gasteiger partial charge in [-0.25, -0.2) is 0 Å². The molecule has 1 saturated carbocycles. The normalized spacial score (nSPS) is 20.9. The van der Waals surface area contributed by atoms with Crippen LogP contribution in [0.4, 0.5) is 0 Å². The van der Waals surface area contributed by atoms with Crippen molar-refractivity contribution in [3.63, 3.8) is 0 Å². The van der Waals surface area contributed by atoms with E-state index in [1.165, 1.54) is 38.5 Å². The lowest BCUT2D eigenvalue weighted by Gasteiger charge is -2.36. The topological polar surface area (TPSA) is 36.5 Å². The molecule has 158 valence electrons. The minimum absolute atomic E-state index is 0.447. The third kappa shape index (κ3) is 11.1. The van der Waals surface area contributed by atoms with Gasteiger partial charge in [-0.3, -0.25) is 0 Å². The van der Waals surface area contributed by atoms with Crippen molar-refractivity contribution in [1.82, 2.24) is 15.5 Å². The van der Waals surface area contributed by atoms with Crippen LogP contribution in [0.1, 0.15) is 78.1 Å². The molecule has 1 aliphatic rings. The van der Waals surface area contributed by atoms with Gasteiger partial charge in [-0.15, -0.1) is 6.58 Å². The van der Waals surface area contributed by atoms with Gasteiger partial charge in [0.15, 0.2) is 5.11 Å². The molecule has 0 aromatic heterocycles. The van der Waals surface area contributed by atoms with Crippen molar-refractivity contribution >= 4 is 17.3 Å². The van der Waals surface area contributed by atoms with E-state index in [0.29, 0.717) is 18.2 Å². The lowest BCUT2D eigenvalue weighted by molar-refractivity contribution is 0.0147. The van der Waals surface area contributed by atoms with Crippen molar-refractivity contribution in [1.29, 1.82) is 0 Å². The Morgan fingerprint density at radius 2 is 1.89 bits per heavy atom. The van der Waals surface area contributed by atoms with Crippen molar-refractivity contribution < 1.29 is 4.74 Å². The van der Waals surface area contributed by atoms with Gasteiger partial charge in [-0.05, 0) is 83.6 Å². The molecule has 1 unspecified atom stereocenters. The van der Waals surface area contributed by atoms with Crippen LogP contribution in [0.2, 0.25) is 0 Å². The molecule has 1 atom stereocenters. The average molecular weight is 398 g/mol. The van der Waals surface area contributed by atoms with Crippen LogP contribution in [-0.2, 0) is 4.74 Å². The van der Waals surface area contributed by atoms with Gasteiger partial charge in [0.1, 0.15) is 0 Å². The third-order valence-electron chi connectivity index (χ3n) is 5.62. The summed E-state index contributed by atoms with van der Waals surface area (Å²) >= 11 is 5.55. The van der Waals surface area contributed by atoms with Crippen LogP contribution in [0.3, 0.4) is 0 Å². The zero-order chi connectivity index (χ0) is 19.9. The van der Waals surface area contributed by atoms with Gasteiger partial charge in [0.25, 0.3) is 0 Å². The smallest absolute Gasteiger partial charge is 0.169 e. The molecule has 1 rings (SSSR count). The maximum Gasteiger partial charge on any atom is 0.169 e. The van der Waals surface area contributed by atoms with Crippen LogP contribution >= 0.6 is 12.2 Å². The molecule has 0 aromatic carbocycles. The number of rotatable bonds is 14. The summed E-state index contributed by atoms with van der Waals surface area (Å²) in [7, 11) is 2.13. The van der Waals surface area contributed by atoms with Gasteiger partial charge >= 0.3 is 0 Å². The van der Waals surface area contributed by atoms with E-state index in [0.717, 1.165) is 50.5 Å². The van der Waals surface area contributed by atoms with E-state index in [2.05, 4.69) is 43.0 Å². The molecule has 0 aliphatic heterocycles. The Bertz CT molecular complexity index is 397. The minimum Gasteiger partial charge on any atom is -0.378 e. The summed E-state index contributed by atoms with van der Waals surface area (Å²) in [6.45, 7) is 11.2. The number of unbranched alkanes of at least 4 members (excludes halogenated alkanes) is 3. The van der Waals surface area contributed by atoms with Gasteiger partial charge in [0.2, 0.25) is 0 Å². The van der Waals surface area contributed by atoms with Crippen molar-refractivity contribution in [2.45, 2.75) is 96.2 Å². The number of hydrogen-bond acceptors (Lipinski definition) is 3. The second-order valence-electron chi connectivity index (χ2n) is 7.91. The van der Waals surface area contributed by atoms with Gasteiger partial charge in [0, 0.05) is 25.7 Å². The highest BCUT2D eigenvalue weighted by Crippen LogP contribution is 2.25. The van der Waals surface area contributed by atoms with E-state index in [1.54, 1.807) is 0 Å². The first-order valence-corrected chi connectivity index (χ1v) is 11.5. The van der Waals surface area contributed by atoms with Crippen LogP contribution in [0.25, 0.3) is 0 Å².